The van der Waals surface area contributed by atoms with Crippen molar-refractivity contribution in [2.45, 2.75) is 82.8 Å². The Balaban J connectivity index is 1.28. The van der Waals surface area contributed by atoms with Gasteiger partial charge in [0.15, 0.2) is 0 Å². The number of carbonyl (C=O) groups excluding carboxylic acids is 3. The first-order chi connectivity index (χ1) is 24.6. The molecule has 3 aromatic rings. The zero-order chi connectivity index (χ0) is 36.0. The fraction of sp³-hybridized carbons (Fsp3) is 0.512. The molecule has 6 rings (SSSR count). The van der Waals surface area contributed by atoms with Gasteiger partial charge >= 0.3 is 6.09 Å². The summed E-state index contributed by atoms with van der Waals surface area (Å²) in [5.41, 5.74) is 1.72. The maximum Gasteiger partial charge on any atom is 0.410 e. The SMILES string of the molecule is COCCCCC1(CNC(=O)[C@H]2C[C@@H](N(CC3CC3)C(=O)Cc3ccncc3)CN(C(=O)OC(C)(C)C)C2)c2ccccc2Oc2ccccc21. The summed E-state index contributed by atoms with van der Waals surface area (Å²) in [6.07, 6.45) is 8.31. The van der Waals surface area contributed by atoms with E-state index in [0.717, 1.165) is 60.3 Å². The molecule has 51 heavy (non-hydrogen) atoms. The Bertz CT molecular complexity index is 1620. The van der Waals surface area contributed by atoms with Gasteiger partial charge < -0.3 is 29.3 Å². The third-order valence-corrected chi connectivity index (χ3v) is 10.3. The lowest BCUT2D eigenvalue weighted by molar-refractivity contribution is -0.137. The van der Waals surface area contributed by atoms with Crippen LogP contribution in [0.5, 0.6) is 11.5 Å². The van der Waals surface area contributed by atoms with Gasteiger partial charge in [-0.3, -0.25) is 14.6 Å². The minimum Gasteiger partial charge on any atom is -0.457 e. The van der Waals surface area contributed by atoms with E-state index < -0.39 is 23.0 Å². The molecular formula is C41H52N4O6. The minimum absolute atomic E-state index is 0.00581. The average Bonchev–Trinajstić information content (AvgIpc) is 3.95. The van der Waals surface area contributed by atoms with Crippen molar-refractivity contribution in [2.24, 2.45) is 11.8 Å². The predicted molar refractivity (Wildman–Crippen MR) is 195 cm³/mol. The zero-order valence-corrected chi connectivity index (χ0v) is 30.4. The molecule has 272 valence electrons. The summed E-state index contributed by atoms with van der Waals surface area (Å²) in [7, 11) is 1.71. The van der Waals surface area contributed by atoms with Gasteiger partial charge in [0.1, 0.15) is 17.1 Å². The fourth-order valence-electron chi connectivity index (χ4n) is 7.54. The number of rotatable bonds is 13. The van der Waals surface area contributed by atoms with Crippen LogP contribution in [0.25, 0.3) is 0 Å². The number of unbranched alkanes of at least 4 members (excludes halogenated alkanes) is 1. The number of ether oxygens (including phenoxy) is 3. The molecule has 1 aromatic heterocycles. The molecule has 1 N–H and O–H groups in total. The number of aromatic nitrogens is 1. The first-order valence-corrected chi connectivity index (χ1v) is 18.4. The average molecular weight is 697 g/mol. The van der Waals surface area contributed by atoms with E-state index in [1.165, 1.54) is 0 Å². The number of hydrogen-bond acceptors (Lipinski definition) is 7. The van der Waals surface area contributed by atoms with Crippen molar-refractivity contribution in [3.63, 3.8) is 0 Å². The van der Waals surface area contributed by atoms with Crippen molar-refractivity contribution in [1.29, 1.82) is 0 Å². The molecule has 0 spiro atoms. The smallest absolute Gasteiger partial charge is 0.410 e. The van der Waals surface area contributed by atoms with Crippen LogP contribution < -0.4 is 10.1 Å². The van der Waals surface area contributed by atoms with Gasteiger partial charge in [0.2, 0.25) is 11.8 Å². The summed E-state index contributed by atoms with van der Waals surface area (Å²) in [4.78, 5) is 49.7. The number of carbonyl (C=O) groups is 3. The van der Waals surface area contributed by atoms with Gasteiger partial charge in [0, 0.05) is 68.8 Å². The molecule has 2 aliphatic heterocycles. The number of pyridine rings is 1. The summed E-state index contributed by atoms with van der Waals surface area (Å²) in [5, 5.41) is 3.36. The van der Waals surface area contributed by atoms with Gasteiger partial charge in [-0.05, 0) is 95.0 Å². The molecule has 1 aliphatic carbocycles. The van der Waals surface area contributed by atoms with Crippen molar-refractivity contribution in [3.8, 4) is 11.5 Å². The molecule has 0 bridgehead atoms. The Morgan fingerprint density at radius 3 is 2.25 bits per heavy atom. The first-order valence-electron chi connectivity index (χ1n) is 18.4. The van der Waals surface area contributed by atoms with Crippen LogP contribution in [0.3, 0.4) is 0 Å². The number of likely N-dealkylation sites (tertiary alicyclic amines) is 1. The third kappa shape index (κ3) is 8.90. The van der Waals surface area contributed by atoms with Crippen LogP contribution in [0, 0.1) is 11.8 Å². The third-order valence-electron chi connectivity index (χ3n) is 10.3. The van der Waals surface area contributed by atoms with Crippen molar-refractivity contribution < 1.29 is 28.6 Å². The Kier molecular flexibility index (Phi) is 11.3. The van der Waals surface area contributed by atoms with Crippen LogP contribution in [0.15, 0.2) is 73.1 Å². The molecule has 1 saturated heterocycles. The Labute approximate surface area is 301 Å². The van der Waals surface area contributed by atoms with E-state index in [-0.39, 0.29) is 30.8 Å². The number of hydrogen-bond donors (Lipinski definition) is 1. The maximum absolute atomic E-state index is 14.4. The van der Waals surface area contributed by atoms with E-state index in [4.69, 9.17) is 14.2 Å². The van der Waals surface area contributed by atoms with Gasteiger partial charge in [0.25, 0.3) is 0 Å². The van der Waals surface area contributed by atoms with Crippen LogP contribution >= 0.6 is 0 Å². The summed E-state index contributed by atoms with van der Waals surface area (Å²) < 4.78 is 17.6. The number of nitrogens with zero attached hydrogens (tertiary/aromatic N) is 3. The van der Waals surface area contributed by atoms with Crippen molar-refractivity contribution in [1.82, 2.24) is 20.1 Å². The summed E-state index contributed by atoms with van der Waals surface area (Å²) in [6, 6.07) is 19.5. The molecule has 2 atom stereocenters. The molecule has 1 saturated carbocycles. The van der Waals surface area contributed by atoms with Crippen LogP contribution in [0.1, 0.15) is 76.0 Å². The fourth-order valence-corrected chi connectivity index (χ4v) is 7.54. The van der Waals surface area contributed by atoms with Gasteiger partial charge in [-0.15, -0.1) is 0 Å². The molecule has 10 nitrogen and oxygen atoms in total. The van der Waals surface area contributed by atoms with Crippen molar-refractivity contribution in [3.05, 3.63) is 89.7 Å². The van der Waals surface area contributed by atoms with Gasteiger partial charge in [0.05, 0.1) is 18.4 Å². The lowest BCUT2D eigenvalue weighted by Gasteiger charge is -2.43. The van der Waals surface area contributed by atoms with Crippen LogP contribution in [0.2, 0.25) is 0 Å². The summed E-state index contributed by atoms with van der Waals surface area (Å²) >= 11 is 0. The number of para-hydroxylation sites is 2. The highest BCUT2D eigenvalue weighted by Crippen LogP contribution is 2.50. The second-order valence-corrected chi connectivity index (χ2v) is 15.3. The number of benzene rings is 2. The predicted octanol–water partition coefficient (Wildman–Crippen LogP) is 6.51. The van der Waals surface area contributed by atoms with E-state index in [1.54, 1.807) is 24.4 Å². The standard InChI is InChI=1S/C41H52N4O6/c1-40(2,3)51-39(48)44-26-31(24-32(27-44)45(25-30-15-16-30)37(46)23-29-17-20-42-21-18-29)38(47)43-28-41(19-9-10-22-49-4)33-11-5-7-13-35(33)50-36-14-8-6-12-34(36)41/h5-8,11-14,17-18,20-21,30-32H,9-10,15-16,19,22-28H2,1-4H3,(H,43,47)/t31-,32+/m0/s1. The van der Waals surface area contributed by atoms with Crippen LogP contribution in [-0.4, -0.2) is 84.2 Å². The molecule has 3 heterocycles. The second-order valence-electron chi connectivity index (χ2n) is 15.3. The Hall–Kier alpha value is -4.44. The largest absolute Gasteiger partial charge is 0.457 e. The summed E-state index contributed by atoms with van der Waals surface area (Å²) in [5.74, 6) is 1.32. The molecule has 10 heteroatoms. The number of nitrogens with one attached hydrogen (secondary N) is 1. The van der Waals surface area contributed by atoms with Gasteiger partial charge in [-0.2, -0.15) is 0 Å². The molecule has 2 fully saturated rings. The molecule has 3 amide bonds. The monoisotopic (exact) mass is 696 g/mol. The van der Waals surface area contributed by atoms with E-state index in [1.807, 2.05) is 74.2 Å². The lowest BCUT2D eigenvalue weighted by Crippen LogP contribution is -2.58. The number of piperidine rings is 1. The van der Waals surface area contributed by atoms with E-state index in [0.29, 0.717) is 38.6 Å². The number of methoxy groups -OCH3 is 1. The van der Waals surface area contributed by atoms with E-state index in [2.05, 4.69) is 22.4 Å². The quantitative estimate of drug-likeness (QED) is 0.203. The highest BCUT2D eigenvalue weighted by atomic mass is 16.6. The highest BCUT2D eigenvalue weighted by Gasteiger charge is 2.44. The topological polar surface area (TPSA) is 110 Å². The highest BCUT2D eigenvalue weighted by molar-refractivity contribution is 5.82. The minimum atomic E-state index is -0.703. The van der Waals surface area contributed by atoms with Crippen LogP contribution in [0.4, 0.5) is 4.79 Å². The van der Waals surface area contributed by atoms with Gasteiger partial charge in [-0.25, -0.2) is 4.79 Å². The molecular weight excluding hydrogens is 644 g/mol. The lowest BCUT2D eigenvalue weighted by atomic mass is 9.69. The maximum atomic E-state index is 14.4. The molecule has 0 radical (unpaired) electrons. The second kappa shape index (κ2) is 15.8. The normalized spacial score (nSPS) is 19.3. The first kappa shape index (κ1) is 36.4. The zero-order valence-electron chi connectivity index (χ0n) is 30.4. The molecule has 2 aromatic carbocycles. The Morgan fingerprint density at radius 2 is 1.63 bits per heavy atom. The molecule has 0 unspecified atom stereocenters. The summed E-state index contributed by atoms with van der Waals surface area (Å²) in [6.45, 7) is 7.67. The van der Waals surface area contributed by atoms with Crippen molar-refractivity contribution >= 4 is 17.9 Å². The van der Waals surface area contributed by atoms with Gasteiger partial charge in [-0.1, -0.05) is 36.4 Å². The van der Waals surface area contributed by atoms with Crippen LogP contribution in [-0.2, 0) is 30.9 Å². The Morgan fingerprint density at radius 1 is 0.961 bits per heavy atom. The molecule has 3 aliphatic rings. The van der Waals surface area contributed by atoms with E-state index in [9.17, 15) is 14.4 Å². The van der Waals surface area contributed by atoms with E-state index >= 15 is 0 Å². The number of fused-ring (bicyclic) bond motifs is 2. The number of amides is 3. The van der Waals surface area contributed by atoms with Crippen molar-refractivity contribution in [2.75, 3.05) is 39.9 Å².